The fraction of sp³-hybridized carbons (Fsp3) is 0.588. The second-order valence-electron chi connectivity index (χ2n) is 5.93. The molecule has 0 spiro atoms. The van der Waals surface area contributed by atoms with Crippen molar-refractivity contribution in [3.05, 3.63) is 29.8 Å². The number of carbonyl (C=O) groups is 1. The number of carbonyl (C=O) groups excluding carboxylic acids is 1. The summed E-state index contributed by atoms with van der Waals surface area (Å²) < 4.78 is 0. The highest BCUT2D eigenvalue weighted by Crippen LogP contribution is 2.18. The summed E-state index contributed by atoms with van der Waals surface area (Å²) in [6, 6.07) is 8.35. The SMILES string of the molecule is CC(C)c1cccc(NCC(=O)N2CCCCCC2)c1. The zero-order chi connectivity index (χ0) is 14.4. The van der Waals surface area contributed by atoms with Crippen LogP contribution >= 0.6 is 0 Å². The Morgan fingerprint density at radius 2 is 1.90 bits per heavy atom. The van der Waals surface area contributed by atoms with Crippen molar-refractivity contribution >= 4 is 11.6 Å². The third kappa shape index (κ3) is 4.26. The van der Waals surface area contributed by atoms with Crippen LogP contribution in [0.2, 0.25) is 0 Å². The van der Waals surface area contributed by atoms with Crippen molar-refractivity contribution in [2.24, 2.45) is 0 Å². The van der Waals surface area contributed by atoms with E-state index in [-0.39, 0.29) is 5.91 Å². The van der Waals surface area contributed by atoms with Gasteiger partial charge in [-0.25, -0.2) is 0 Å². The first-order chi connectivity index (χ1) is 9.66. The van der Waals surface area contributed by atoms with Crippen molar-refractivity contribution in [1.82, 2.24) is 4.90 Å². The number of benzene rings is 1. The van der Waals surface area contributed by atoms with Crippen LogP contribution < -0.4 is 5.32 Å². The lowest BCUT2D eigenvalue weighted by Crippen LogP contribution is -2.36. The molecule has 1 amide bonds. The zero-order valence-electron chi connectivity index (χ0n) is 12.7. The molecular weight excluding hydrogens is 248 g/mol. The van der Waals surface area contributed by atoms with E-state index in [0.717, 1.165) is 31.6 Å². The summed E-state index contributed by atoms with van der Waals surface area (Å²) in [5.74, 6) is 0.736. The summed E-state index contributed by atoms with van der Waals surface area (Å²) in [6.07, 6.45) is 4.81. The third-order valence-electron chi connectivity index (χ3n) is 3.96. The Balaban J connectivity index is 1.87. The molecule has 110 valence electrons. The van der Waals surface area contributed by atoms with Gasteiger partial charge in [0, 0.05) is 18.8 Å². The van der Waals surface area contributed by atoms with Gasteiger partial charge in [-0.05, 0) is 36.5 Å². The molecule has 3 nitrogen and oxygen atoms in total. The first-order valence-corrected chi connectivity index (χ1v) is 7.78. The van der Waals surface area contributed by atoms with Crippen LogP contribution in [0.15, 0.2) is 24.3 Å². The predicted molar refractivity (Wildman–Crippen MR) is 84.1 cm³/mol. The largest absolute Gasteiger partial charge is 0.376 e. The molecule has 1 aliphatic rings. The molecule has 0 atom stereocenters. The summed E-state index contributed by atoms with van der Waals surface area (Å²) in [6.45, 7) is 6.61. The van der Waals surface area contributed by atoms with Crippen LogP contribution in [0.4, 0.5) is 5.69 Å². The van der Waals surface area contributed by atoms with Gasteiger partial charge in [0.2, 0.25) is 5.91 Å². The maximum absolute atomic E-state index is 12.2. The Hall–Kier alpha value is -1.51. The average Bonchev–Trinajstić information content (AvgIpc) is 2.74. The van der Waals surface area contributed by atoms with Gasteiger partial charge in [0.25, 0.3) is 0 Å². The first-order valence-electron chi connectivity index (χ1n) is 7.78. The van der Waals surface area contributed by atoms with Crippen LogP contribution in [0.3, 0.4) is 0 Å². The number of hydrogen-bond acceptors (Lipinski definition) is 2. The van der Waals surface area contributed by atoms with Gasteiger partial charge < -0.3 is 10.2 Å². The number of nitrogens with zero attached hydrogens (tertiary/aromatic N) is 1. The molecule has 1 aliphatic heterocycles. The molecule has 0 bridgehead atoms. The van der Waals surface area contributed by atoms with Crippen LogP contribution in [0.25, 0.3) is 0 Å². The number of nitrogens with one attached hydrogen (secondary N) is 1. The van der Waals surface area contributed by atoms with Crippen LogP contribution in [-0.2, 0) is 4.79 Å². The highest BCUT2D eigenvalue weighted by atomic mass is 16.2. The summed E-state index contributed by atoms with van der Waals surface area (Å²) in [5.41, 5.74) is 2.34. The quantitative estimate of drug-likeness (QED) is 0.909. The van der Waals surface area contributed by atoms with E-state index in [2.05, 4.69) is 31.3 Å². The Bertz CT molecular complexity index is 434. The fourth-order valence-corrected chi connectivity index (χ4v) is 2.62. The summed E-state index contributed by atoms with van der Waals surface area (Å²) in [4.78, 5) is 14.2. The molecule has 0 aliphatic carbocycles. The summed E-state index contributed by atoms with van der Waals surface area (Å²) >= 11 is 0. The van der Waals surface area contributed by atoms with Crippen molar-refractivity contribution in [3.8, 4) is 0 Å². The molecule has 1 heterocycles. The topological polar surface area (TPSA) is 32.3 Å². The van der Waals surface area contributed by atoms with Crippen molar-refractivity contribution in [2.75, 3.05) is 25.0 Å². The Labute approximate surface area is 122 Å². The minimum atomic E-state index is 0.224. The molecule has 20 heavy (non-hydrogen) atoms. The molecule has 0 aromatic heterocycles. The molecule has 1 N–H and O–H groups in total. The van der Waals surface area contributed by atoms with Gasteiger partial charge in [0.1, 0.15) is 0 Å². The Morgan fingerprint density at radius 3 is 2.55 bits per heavy atom. The summed E-state index contributed by atoms with van der Waals surface area (Å²) in [5, 5.41) is 3.27. The van der Waals surface area contributed by atoms with Gasteiger partial charge in [-0.2, -0.15) is 0 Å². The van der Waals surface area contributed by atoms with E-state index >= 15 is 0 Å². The number of likely N-dealkylation sites (tertiary alicyclic amines) is 1. The molecule has 1 saturated heterocycles. The first kappa shape index (κ1) is 14.9. The van der Waals surface area contributed by atoms with E-state index in [0.29, 0.717) is 12.5 Å². The van der Waals surface area contributed by atoms with Crippen molar-refractivity contribution < 1.29 is 4.79 Å². The smallest absolute Gasteiger partial charge is 0.241 e. The lowest BCUT2D eigenvalue weighted by atomic mass is 10.0. The van der Waals surface area contributed by atoms with Gasteiger partial charge in [0.15, 0.2) is 0 Å². The van der Waals surface area contributed by atoms with Crippen LogP contribution in [-0.4, -0.2) is 30.4 Å². The van der Waals surface area contributed by atoms with E-state index in [1.54, 1.807) is 0 Å². The number of rotatable bonds is 4. The lowest BCUT2D eigenvalue weighted by Gasteiger charge is -2.21. The molecule has 1 aromatic carbocycles. The van der Waals surface area contributed by atoms with E-state index in [1.165, 1.54) is 18.4 Å². The fourth-order valence-electron chi connectivity index (χ4n) is 2.62. The molecule has 3 heteroatoms. The maximum Gasteiger partial charge on any atom is 0.241 e. The minimum absolute atomic E-state index is 0.224. The van der Waals surface area contributed by atoms with Crippen LogP contribution in [0, 0.1) is 0 Å². The van der Waals surface area contributed by atoms with Gasteiger partial charge in [-0.15, -0.1) is 0 Å². The van der Waals surface area contributed by atoms with Crippen molar-refractivity contribution in [2.45, 2.75) is 45.4 Å². The number of anilines is 1. The highest BCUT2D eigenvalue weighted by molar-refractivity contribution is 5.80. The standard InChI is InChI=1S/C17H26N2O/c1-14(2)15-8-7-9-16(12-15)18-13-17(20)19-10-5-3-4-6-11-19/h7-9,12,14,18H,3-6,10-11,13H2,1-2H3. The predicted octanol–water partition coefficient (Wildman–Crippen LogP) is 3.62. The average molecular weight is 274 g/mol. The van der Waals surface area contributed by atoms with Gasteiger partial charge in [0.05, 0.1) is 6.54 Å². The molecule has 2 rings (SSSR count). The van der Waals surface area contributed by atoms with Crippen molar-refractivity contribution in [1.29, 1.82) is 0 Å². The molecular formula is C17H26N2O. The molecule has 1 aromatic rings. The highest BCUT2D eigenvalue weighted by Gasteiger charge is 2.14. The Morgan fingerprint density at radius 1 is 1.20 bits per heavy atom. The normalized spacial score (nSPS) is 16.1. The van der Waals surface area contributed by atoms with Crippen LogP contribution in [0.1, 0.15) is 51.0 Å². The second-order valence-corrected chi connectivity index (χ2v) is 5.93. The van der Waals surface area contributed by atoms with E-state index in [9.17, 15) is 4.79 Å². The van der Waals surface area contributed by atoms with Gasteiger partial charge in [-0.1, -0.05) is 38.8 Å². The Kier molecular flexibility index (Phi) is 5.45. The second kappa shape index (κ2) is 7.32. The van der Waals surface area contributed by atoms with E-state index in [1.807, 2.05) is 17.0 Å². The van der Waals surface area contributed by atoms with Gasteiger partial charge in [-0.3, -0.25) is 4.79 Å². The van der Waals surface area contributed by atoms with Crippen LogP contribution in [0.5, 0.6) is 0 Å². The molecule has 0 radical (unpaired) electrons. The van der Waals surface area contributed by atoms with Crippen molar-refractivity contribution in [3.63, 3.8) is 0 Å². The zero-order valence-corrected chi connectivity index (χ0v) is 12.7. The number of amides is 1. The number of hydrogen-bond donors (Lipinski definition) is 1. The minimum Gasteiger partial charge on any atom is -0.376 e. The van der Waals surface area contributed by atoms with E-state index in [4.69, 9.17) is 0 Å². The van der Waals surface area contributed by atoms with Gasteiger partial charge >= 0.3 is 0 Å². The maximum atomic E-state index is 12.2. The third-order valence-corrected chi connectivity index (χ3v) is 3.96. The molecule has 1 fully saturated rings. The monoisotopic (exact) mass is 274 g/mol. The lowest BCUT2D eigenvalue weighted by molar-refractivity contribution is -0.129. The molecule has 0 unspecified atom stereocenters. The summed E-state index contributed by atoms with van der Waals surface area (Å²) in [7, 11) is 0. The van der Waals surface area contributed by atoms with E-state index < -0.39 is 0 Å². The molecule has 0 saturated carbocycles.